The molecule has 1 heterocycles. The molecule has 0 radical (unpaired) electrons. The first kappa shape index (κ1) is 12.5. The van der Waals surface area contributed by atoms with Gasteiger partial charge in [0.2, 0.25) is 0 Å². The van der Waals surface area contributed by atoms with E-state index >= 15 is 0 Å². The molecule has 0 aliphatic rings. The predicted molar refractivity (Wildman–Crippen MR) is 64.6 cm³/mol. The van der Waals surface area contributed by atoms with Crippen molar-refractivity contribution < 1.29 is 19.5 Å². The summed E-state index contributed by atoms with van der Waals surface area (Å²) in [7, 11) is 0. The number of carboxylic acids is 1. The van der Waals surface area contributed by atoms with Crippen molar-refractivity contribution >= 4 is 17.3 Å². The lowest BCUT2D eigenvalue weighted by molar-refractivity contribution is 0.0692. The van der Waals surface area contributed by atoms with Crippen molar-refractivity contribution in [3.63, 3.8) is 0 Å². The monoisotopic (exact) mass is 266 g/mol. The van der Waals surface area contributed by atoms with Crippen LogP contribution in [0.25, 0.3) is 0 Å². The fraction of sp³-hybridized carbons (Fsp3) is 0.0909. The molecule has 0 aliphatic carbocycles. The normalized spacial score (nSPS) is 10.3. The van der Waals surface area contributed by atoms with Crippen LogP contribution in [-0.2, 0) is 11.4 Å². The zero-order valence-corrected chi connectivity index (χ0v) is 10.0. The van der Waals surface area contributed by atoms with Crippen LogP contribution in [-0.4, -0.2) is 16.1 Å². The molecule has 0 spiro atoms. The second kappa shape index (κ2) is 5.58. The minimum absolute atomic E-state index is 0.0615. The topological polar surface area (TPSA) is 94.7 Å². The van der Waals surface area contributed by atoms with E-state index in [1.165, 1.54) is 0 Å². The molecule has 0 saturated carbocycles. The lowest BCUT2D eigenvalue weighted by Gasteiger charge is -1.99. The first-order chi connectivity index (χ1) is 8.70. The van der Waals surface area contributed by atoms with Gasteiger partial charge in [-0.25, -0.2) is 15.7 Å². The van der Waals surface area contributed by atoms with Gasteiger partial charge in [-0.3, -0.25) is 4.84 Å². The lowest BCUT2D eigenvalue weighted by Crippen LogP contribution is -2.04. The SMILES string of the molecule is NOCc1nc(Oc2ccccc2)sc1C(=O)O. The molecule has 0 bridgehead atoms. The van der Waals surface area contributed by atoms with Crippen molar-refractivity contribution in [3.8, 4) is 10.9 Å². The molecule has 1 aromatic heterocycles. The van der Waals surface area contributed by atoms with E-state index in [2.05, 4.69) is 9.82 Å². The molecule has 2 aromatic rings. The van der Waals surface area contributed by atoms with Crippen LogP contribution in [0, 0.1) is 0 Å². The molecule has 2 rings (SSSR count). The number of thiazole rings is 1. The summed E-state index contributed by atoms with van der Waals surface area (Å²) in [5, 5.41) is 9.23. The van der Waals surface area contributed by atoms with Crippen LogP contribution in [0.4, 0.5) is 0 Å². The molecule has 0 unspecified atom stereocenters. The third-order valence-corrected chi connectivity index (χ3v) is 3.00. The number of rotatable bonds is 5. The van der Waals surface area contributed by atoms with Crippen LogP contribution in [0.2, 0.25) is 0 Å². The van der Waals surface area contributed by atoms with Crippen molar-refractivity contribution in [3.05, 3.63) is 40.9 Å². The summed E-state index contributed by atoms with van der Waals surface area (Å²) in [6, 6.07) is 8.98. The fourth-order valence-electron chi connectivity index (χ4n) is 1.31. The van der Waals surface area contributed by atoms with E-state index in [1.54, 1.807) is 12.1 Å². The van der Waals surface area contributed by atoms with Gasteiger partial charge in [0.25, 0.3) is 5.19 Å². The van der Waals surface area contributed by atoms with Crippen LogP contribution in [0.3, 0.4) is 0 Å². The molecule has 7 heteroatoms. The number of nitrogens with two attached hydrogens (primary N) is 1. The van der Waals surface area contributed by atoms with Crippen molar-refractivity contribution in [1.29, 1.82) is 0 Å². The van der Waals surface area contributed by atoms with Gasteiger partial charge in [-0.05, 0) is 12.1 Å². The maximum atomic E-state index is 11.0. The van der Waals surface area contributed by atoms with Gasteiger partial charge in [-0.15, -0.1) is 0 Å². The number of nitrogens with zero attached hydrogens (tertiary/aromatic N) is 1. The van der Waals surface area contributed by atoms with Gasteiger partial charge < -0.3 is 9.84 Å². The van der Waals surface area contributed by atoms with Crippen molar-refractivity contribution in [2.75, 3.05) is 0 Å². The molecule has 0 aliphatic heterocycles. The first-order valence-corrected chi connectivity index (χ1v) is 5.80. The number of para-hydroxylation sites is 1. The highest BCUT2D eigenvalue weighted by Crippen LogP contribution is 2.29. The summed E-state index contributed by atoms with van der Waals surface area (Å²) in [4.78, 5) is 19.5. The van der Waals surface area contributed by atoms with E-state index in [-0.39, 0.29) is 22.4 Å². The third kappa shape index (κ3) is 2.83. The first-order valence-electron chi connectivity index (χ1n) is 4.98. The van der Waals surface area contributed by atoms with Crippen LogP contribution in [0.15, 0.2) is 30.3 Å². The molecule has 0 saturated heterocycles. The second-order valence-electron chi connectivity index (χ2n) is 3.29. The maximum absolute atomic E-state index is 11.0. The molecular formula is C11H10N2O4S. The van der Waals surface area contributed by atoms with E-state index in [0.717, 1.165) is 11.3 Å². The summed E-state index contributed by atoms with van der Waals surface area (Å²) in [5.41, 5.74) is 0.251. The van der Waals surface area contributed by atoms with E-state index in [1.807, 2.05) is 18.2 Å². The number of hydrogen-bond acceptors (Lipinski definition) is 6. The summed E-state index contributed by atoms with van der Waals surface area (Å²) < 4.78 is 5.44. The highest BCUT2D eigenvalue weighted by Gasteiger charge is 2.18. The Labute approximate surface area is 107 Å². The smallest absolute Gasteiger partial charge is 0.348 e. The highest BCUT2D eigenvalue weighted by atomic mass is 32.1. The van der Waals surface area contributed by atoms with E-state index in [9.17, 15) is 4.79 Å². The Morgan fingerprint density at radius 1 is 1.39 bits per heavy atom. The molecular weight excluding hydrogens is 256 g/mol. The summed E-state index contributed by atoms with van der Waals surface area (Å²) in [6.45, 7) is -0.0731. The highest BCUT2D eigenvalue weighted by molar-refractivity contribution is 7.15. The fourth-order valence-corrected chi connectivity index (χ4v) is 2.08. The molecule has 0 fully saturated rings. The molecule has 1 aromatic carbocycles. The summed E-state index contributed by atoms with van der Waals surface area (Å²) in [5.74, 6) is 4.43. The van der Waals surface area contributed by atoms with Gasteiger partial charge in [0, 0.05) is 0 Å². The van der Waals surface area contributed by atoms with Crippen molar-refractivity contribution in [2.45, 2.75) is 6.61 Å². The zero-order valence-electron chi connectivity index (χ0n) is 9.20. The number of carboxylic acid groups (broad SMARTS) is 1. The standard InChI is InChI=1S/C11H10N2O4S/c12-16-6-8-9(10(14)15)18-11(13-8)17-7-4-2-1-3-5-7/h1-5H,6,12H2,(H,14,15). The van der Waals surface area contributed by atoms with Gasteiger partial charge in [0.05, 0.1) is 5.69 Å². The summed E-state index contributed by atoms with van der Waals surface area (Å²) in [6.07, 6.45) is 0. The average Bonchev–Trinajstić information content (AvgIpc) is 2.74. The van der Waals surface area contributed by atoms with Gasteiger partial charge in [0.1, 0.15) is 17.2 Å². The molecule has 0 atom stereocenters. The van der Waals surface area contributed by atoms with E-state index in [0.29, 0.717) is 5.75 Å². The Kier molecular flexibility index (Phi) is 3.88. The average molecular weight is 266 g/mol. The molecule has 94 valence electrons. The van der Waals surface area contributed by atoms with Crippen LogP contribution < -0.4 is 10.6 Å². The number of hydrogen-bond donors (Lipinski definition) is 2. The Bertz CT molecular complexity index is 541. The molecule has 18 heavy (non-hydrogen) atoms. The van der Waals surface area contributed by atoms with Gasteiger partial charge in [0.15, 0.2) is 0 Å². The van der Waals surface area contributed by atoms with E-state index in [4.69, 9.17) is 15.7 Å². The number of ether oxygens (including phenoxy) is 1. The van der Waals surface area contributed by atoms with Gasteiger partial charge in [-0.2, -0.15) is 0 Å². The largest absolute Gasteiger partial charge is 0.477 e. The van der Waals surface area contributed by atoms with Crippen molar-refractivity contribution in [2.24, 2.45) is 5.90 Å². The minimum atomic E-state index is -1.08. The number of aromatic nitrogens is 1. The molecule has 6 nitrogen and oxygen atoms in total. The van der Waals surface area contributed by atoms with Crippen LogP contribution >= 0.6 is 11.3 Å². The second-order valence-corrected chi connectivity index (χ2v) is 4.25. The lowest BCUT2D eigenvalue weighted by atomic mass is 10.3. The van der Waals surface area contributed by atoms with Crippen LogP contribution in [0.1, 0.15) is 15.4 Å². The number of benzene rings is 1. The zero-order chi connectivity index (χ0) is 13.0. The number of aromatic carboxylic acids is 1. The summed E-state index contributed by atoms with van der Waals surface area (Å²) >= 11 is 0.934. The number of carbonyl (C=O) groups is 1. The Balaban J connectivity index is 2.24. The predicted octanol–water partition coefficient (Wildman–Crippen LogP) is 2.02. The minimum Gasteiger partial charge on any atom is -0.477 e. The Morgan fingerprint density at radius 3 is 2.72 bits per heavy atom. The van der Waals surface area contributed by atoms with Crippen LogP contribution in [0.5, 0.6) is 10.9 Å². The molecule has 3 N–H and O–H groups in total. The van der Waals surface area contributed by atoms with Gasteiger partial charge in [-0.1, -0.05) is 29.5 Å². The van der Waals surface area contributed by atoms with E-state index < -0.39 is 5.97 Å². The third-order valence-electron chi connectivity index (χ3n) is 2.04. The maximum Gasteiger partial charge on any atom is 0.348 e. The Morgan fingerprint density at radius 2 is 2.11 bits per heavy atom. The Hall–Kier alpha value is -1.96. The van der Waals surface area contributed by atoms with Gasteiger partial charge >= 0.3 is 5.97 Å². The molecule has 0 amide bonds. The van der Waals surface area contributed by atoms with Crippen molar-refractivity contribution in [1.82, 2.24) is 4.98 Å². The quantitative estimate of drug-likeness (QED) is 0.804.